The molecule has 0 aliphatic carbocycles. The highest BCUT2D eigenvalue weighted by Gasteiger charge is 2.32. The zero-order valence-electron chi connectivity index (χ0n) is 17.5. The monoisotopic (exact) mass is 467 g/mol. The maximum atomic E-state index is 15.0. The Bertz CT molecular complexity index is 1480. The van der Waals surface area contributed by atoms with Crippen LogP contribution in [0.4, 0.5) is 14.5 Å². The van der Waals surface area contributed by atoms with Crippen molar-refractivity contribution in [2.24, 2.45) is 4.99 Å². The first-order chi connectivity index (χ1) is 15.8. The van der Waals surface area contributed by atoms with Gasteiger partial charge >= 0.3 is 0 Å². The number of aliphatic imine (C=N–C) groups is 1. The average Bonchev–Trinajstić information content (AvgIpc) is 3.20. The van der Waals surface area contributed by atoms with E-state index in [9.17, 15) is 17.2 Å². The Morgan fingerprint density at radius 1 is 1.06 bits per heavy atom. The number of sulfonamides is 1. The molecule has 1 atom stereocenters. The Labute approximate surface area is 188 Å². The number of aromatic nitrogens is 2. The second kappa shape index (κ2) is 7.96. The molecular weight excluding hydrogens is 448 g/mol. The van der Waals surface area contributed by atoms with Crippen molar-refractivity contribution in [2.45, 2.75) is 24.3 Å². The van der Waals surface area contributed by atoms with E-state index in [0.717, 1.165) is 11.7 Å². The van der Waals surface area contributed by atoms with E-state index in [1.807, 2.05) is 28.8 Å². The van der Waals surface area contributed by atoms with Gasteiger partial charge in [-0.25, -0.2) is 31.9 Å². The highest BCUT2D eigenvalue weighted by molar-refractivity contribution is 7.90. The van der Waals surface area contributed by atoms with Crippen LogP contribution in [-0.4, -0.2) is 23.8 Å². The summed E-state index contributed by atoms with van der Waals surface area (Å²) in [6.07, 6.45) is 3.63. The molecule has 2 aromatic carbocycles. The lowest BCUT2D eigenvalue weighted by molar-refractivity contribution is 0.577. The minimum atomic E-state index is -4.01. The van der Waals surface area contributed by atoms with Crippen molar-refractivity contribution in [1.29, 1.82) is 0 Å². The maximum Gasteiger partial charge on any atom is 0.266 e. The molecular formula is C23H19F2N5O2S. The summed E-state index contributed by atoms with van der Waals surface area (Å²) >= 11 is 0. The lowest BCUT2D eigenvalue weighted by Crippen LogP contribution is -2.41. The third-order valence-corrected chi connectivity index (χ3v) is 6.92. The van der Waals surface area contributed by atoms with Crippen LogP contribution in [0.3, 0.4) is 0 Å². The van der Waals surface area contributed by atoms with E-state index in [-0.39, 0.29) is 34.2 Å². The minimum absolute atomic E-state index is 0.0401. The number of fused-ring (bicyclic) bond motifs is 2. The van der Waals surface area contributed by atoms with Gasteiger partial charge < -0.3 is 9.72 Å². The van der Waals surface area contributed by atoms with Crippen LogP contribution in [-0.2, 0) is 16.6 Å². The molecule has 7 nitrogen and oxygen atoms in total. The third kappa shape index (κ3) is 3.82. The predicted molar refractivity (Wildman–Crippen MR) is 121 cm³/mol. The van der Waals surface area contributed by atoms with Gasteiger partial charge in [0.15, 0.2) is 0 Å². The number of rotatable bonds is 4. The van der Waals surface area contributed by atoms with Crippen molar-refractivity contribution >= 4 is 27.3 Å². The van der Waals surface area contributed by atoms with Crippen molar-refractivity contribution in [1.82, 2.24) is 14.1 Å². The molecule has 3 heterocycles. The van der Waals surface area contributed by atoms with Crippen LogP contribution >= 0.6 is 0 Å². The third-order valence-electron chi connectivity index (χ3n) is 5.54. The van der Waals surface area contributed by atoms with E-state index >= 15 is 0 Å². The number of imidazole rings is 1. The quantitative estimate of drug-likeness (QED) is 0.475. The Balaban J connectivity index is 1.54. The summed E-state index contributed by atoms with van der Waals surface area (Å²) in [5.74, 6) is -1.96. The first kappa shape index (κ1) is 21.1. The zero-order valence-corrected chi connectivity index (χ0v) is 18.3. The van der Waals surface area contributed by atoms with Crippen LogP contribution in [0.25, 0.3) is 5.65 Å². The second-order valence-electron chi connectivity index (χ2n) is 7.67. The van der Waals surface area contributed by atoms with Gasteiger partial charge in [0.1, 0.15) is 22.2 Å². The Hall–Kier alpha value is -3.79. The number of guanidine groups is 1. The SMILES string of the molecule is C[C@H](c1ccccc1F)c1c(F)ccc2c1NC(=NCc1cn3ccccc3n1)NS2(=O)=O. The summed E-state index contributed by atoms with van der Waals surface area (Å²) in [6.45, 7) is 1.72. The van der Waals surface area contributed by atoms with E-state index in [2.05, 4.69) is 20.0 Å². The van der Waals surface area contributed by atoms with Gasteiger partial charge in [0, 0.05) is 23.9 Å². The number of benzene rings is 2. The molecule has 0 amide bonds. The van der Waals surface area contributed by atoms with Gasteiger partial charge in [-0.1, -0.05) is 31.2 Å². The molecule has 1 aliphatic heterocycles. The van der Waals surface area contributed by atoms with Crippen molar-refractivity contribution in [3.8, 4) is 0 Å². The van der Waals surface area contributed by atoms with Crippen LogP contribution in [0.1, 0.15) is 29.7 Å². The van der Waals surface area contributed by atoms with Gasteiger partial charge in [-0.2, -0.15) is 0 Å². The van der Waals surface area contributed by atoms with Crippen molar-refractivity contribution in [3.63, 3.8) is 0 Å². The number of anilines is 1. The molecule has 0 bridgehead atoms. The summed E-state index contributed by atoms with van der Waals surface area (Å²) in [5.41, 5.74) is 1.70. The summed E-state index contributed by atoms with van der Waals surface area (Å²) in [5, 5.41) is 2.90. The fourth-order valence-electron chi connectivity index (χ4n) is 3.95. The van der Waals surface area contributed by atoms with Crippen molar-refractivity contribution in [2.75, 3.05) is 5.32 Å². The fourth-order valence-corrected chi connectivity index (χ4v) is 5.11. The average molecular weight is 468 g/mol. The lowest BCUT2D eigenvalue weighted by atomic mass is 9.91. The molecule has 0 saturated heterocycles. The van der Waals surface area contributed by atoms with Gasteiger partial charge in [0.25, 0.3) is 10.0 Å². The van der Waals surface area contributed by atoms with Crippen LogP contribution < -0.4 is 10.0 Å². The lowest BCUT2D eigenvalue weighted by Gasteiger charge is -2.26. The van der Waals surface area contributed by atoms with E-state index in [1.165, 1.54) is 12.1 Å². The van der Waals surface area contributed by atoms with Crippen LogP contribution in [0.2, 0.25) is 0 Å². The van der Waals surface area contributed by atoms with Crippen molar-refractivity contribution < 1.29 is 17.2 Å². The molecule has 0 saturated carbocycles. The van der Waals surface area contributed by atoms with Crippen LogP contribution in [0, 0.1) is 11.6 Å². The summed E-state index contributed by atoms with van der Waals surface area (Å²) in [7, 11) is -4.01. The first-order valence-corrected chi connectivity index (χ1v) is 11.7. The molecule has 0 unspecified atom stereocenters. The largest absolute Gasteiger partial charge is 0.324 e. The standard InChI is InChI=1S/C23H19F2N5O2S/c1-14(16-6-2-3-7-17(16)24)21-18(25)9-10-19-22(21)28-23(29-33(19,31)32)26-12-15-13-30-11-5-4-8-20(30)27-15/h2-11,13-14H,12H2,1H3,(H2,26,28,29)/t14-/m1/s1. The van der Waals surface area contributed by atoms with Crippen LogP contribution in [0.15, 0.2) is 76.9 Å². The Morgan fingerprint density at radius 2 is 1.85 bits per heavy atom. The summed E-state index contributed by atoms with van der Waals surface area (Å²) in [6, 6.07) is 13.8. The number of nitrogens with one attached hydrogen (secondary N) is 2. The Kier molecular flexibility index (Phi) is 5.09. The zero-order chi connectivity index (χ0) is 23.2. The van der Waals surface area contributed by atoms with Crippen LogP contribution in [0.5, 0.6) is 0 Å². The number of pyridine rings is 1. The topological polar surface area (TPSA) is 87.9 Å². The smallest absolute Gasteiger partial charge is 0.266 e. The highest BCUT2D eigenvalue weighted by atomic mass is 32.2. The maximum absolute atomic E-state index is 15.0. The van der Waals surface area contributed by atoms with E-state index in [1.54, 1.807) is 31.3 Å². The number of hydrogen-bond acceptors (Lipinski definition) is 4. The first-order valence-electron chi connectivity index (χ1n) is 10.2. The molecule has 4 aromatic rings. The van der Waals surface area contributed by atoms with E-state index in [4.69, 9.17) is 0 Å². The van der Waals surface area contributed by atoms with Gasteiger partial charge in [-0.05, 0) is 35.9 Å². The van der Waals surface area contributed by atoms with Gasteiger partial charge in [0.05, 0.1) is 17.9 Å². The normalized spacial score (nSPS) is 16.8. The molecule has 168 valence electrons. The molecule has 0 radical (unpaired) electrons. The molecule has 5 rings (SSSR count). The fraction of sp³-hybridized carbons (Fsp3) is 0.130. The van der Waals surface area contributed by atoms with E-state index < -0.39 is 27.6 Å². The summed E-state index contributed by atoms with van der Waals surface area (Å²) in [4.78, 5) is 8.61. The number of nitrogens with zero attached hydrogens (tertiary/aromatic N) is 3. The van der Waals surface area contributed by atoms with Gasteiger partial charge in [0.2, 0.25) is 5.96 Å². The van der Waals surface area contributed by atoms with Gasteiger partial charge in [-0.15, -0.1) is 0 Å². The highest BCUT2D eigenvalue weighted by Crippen LogP contribution is 2.38. The second-order valence-corrected chi connectivity index (χ2v) is 9.32. The van der Waals surface area contributed by atoms with Gasteiger partial charge in [-0.3, -0.25) is 0 Å². The number of hydrogen-bond donors (Lipinski definition) is 2. The molecule has 10 heteroatoms. The molecule has 2 N–H and O–H groups in total. The molecule has 33 heavy (non-hydrogen) atoms. The Morgan fingerprint density at radius 3 is 2.64 bits per heavy atom. The number of halogens is 2. The molecule has 0 spiro atoms. The van der Waals surface area contributed by atoms with E-state index in [0.29, 0.717) is 5.69 Å². The van der Waals surface area contributed by atoms with Crippen molar-refractivity contribution in [3.05, 3.63) is 95.4 Å². The summed E-state index contributed by atoms with van der Waals surface area (Å²) < 4.78 is 59.3. The predicted octanol–water partition coefficient (Wildman–Crippen LogP) is 4.02. The molecule has 1 aliphatic rings. The molecule has 2 aromatic heterocycles. The minimum Gasteiger partial charge on any atom is -0.324 e. The molecule has 0 fully saturated rings.